The molecule has 1 aliphatic carbocycles. The normalized spacial score (nSPS) is 33.2. The van der Waals surface area contributed by atoms with Crippen molar-refractivity contribution in [3.8, 4) is 0 Å². The standard InChI is InChI=1S/C11H17N3O/c1-11(2)6-7(11)9-13-10(15-14-9)8-4-3-5-12-8/h7-8,12H,3-6H2,1-2H3/t7?,8-/m1/s1. The summed E-state index contributed by atoms with van der Waals surface area (Å²) in [5.74, 6) is 2.20. The lowest BCUT2D eigenvalue weighted by molar-refractivity contribution is 0.340. The molecule has 1 saturated carbocycles. The van der Waals surface area contributed by atoms with Gasteiger partial charge in [0.15, 0.2) is 5.82 Å². The molecule has 82 valence electrons. The Morgan fingerprint density at radius 2 is 2.27 bits per heavy atom. The Morgan fingerprint density at radius 1 is 1.47 bits per heavy atom. The van der Waals surface area contributed by atoms with Crippen LogP contribution in [0.4, 0.5) is 0 Å². The van der Waals surface area contributed by atoms with Crippen molar-refractivity contribution >= 4 is 0 Å². The van der Waals surface area contributed by atoms with Gasteiger partial charge in [0, 0.05) is 5.92 Å². The average molecular weight is 207 g/mol. The highest BCUT2D eigenvalue weighted by Gasteiger charge is 2.49. The van der Waals surface area contributed by atoms with E-state index in [-0.39, 0.29) is 0 Å². The highest BCUT2D eigenvalue weighted by atomic mass is 16.5. The van der Waals surface area contributed by atoms with Crippen LogP contribution in [0.3, 0.4) is 0 Å². The van der Waals surface area contributed by atoms with Crippen molar-refractivity contribution in [2.75, 3.05) is 6.54 Å². The van der Waals surface area contributed by atoms with E-state index in [1.807, 2.05) is 0 Å². The SMILES string of the molecule is CC1(C)CC1c1noc([C@H]2CCCN2)n1. The van der Waals surface area contributed by atoms with Crippen LogP contribution in [0.1, 0.15) is 56.8 Å². The van der Waals surface area contributed by atoms with Crippen LogP contribution in [0.25, 0.3) is 0 Å². The van der Waals surface area contributed by atoms with Crippen molar-refractivity contribution in [2.45, 2.75) is 45.1 Å². The van der Waals surface area contributed by atoms with Crippen LogP contribution in [0.2, 0.25) is 0 Å². The molecule has 1 aromatic rings. The van der Waals surface area contributed by atoms with Crippen LogP contribution in [0, 0.1) is 5.41 Å². The zero-order valence-electron chi connectivity index (χ0n) is 9.29. The minimum Gasteiger partial charge on any atom is -0.338 e. The van der Waals surface area contributed by atoms with Gasteiger partial charge in [0.1, 0.15) is 0 Å². The van der Waals surface area contributed by atoms with Crippen molar-refractivity contribution < 1.29 is 4.52 Å². The molecule has 0 spiro atoms. The van der Waals surface area contributed by atoms with Gasteiger partial charge in [-0.1, -0.05) is 19.0 Å². The lowest BCUT2D eigenvalue weighted by Crippen LogP contribution is -2.13. The quantitative estimate of drug-likeness (QED) is 0.806. The molecule has 1 aromatic heterocycles. The second-order valence-electron chi connectivity index (χ2n) is 5.39. The Labute approximate surface area is 89.4 Å². The third-order valence-corrected chi connectivity index (χ3v) is 3.64. The van der Waals surface area contributed by atoms with E-state index in [0.29, 0.717) is 17.4 Å². The van der Waals surface area contributed by atoms with E-state index < -0.39 is 0 Å². The minimum absolute atomic E-state index is 0.299. The van der Waals surface area contributed by atoms with E-state index in [2.05, 4.69) is 29.3 Å². The number of rotatable bonds is 2. The van der Waals surface area contributed by atoms with E-state index in [9.17, 15) is 0 Å². The summed E-state index contributed by atoms with van der Waals surface area (Å²) in [5, 5.41) is 7.46. The smallest absolute Gasteiger partial charge is 0.243 e. The zero-order valence-corrected chi connectivity index (χ0v) is 9.29. The second-order valence-corrected chi connectivity index (χ2v) is 5.39. The van der Waals surface area contributed by atoms with Crippen molar-refractivity contribution in [1.82, 2.24) is 15.5 Å². The number of hydrogen-bond donors (Lipinski definition) is 1. The van der Waals surface area contributed by atoms with Crippen LogP contribution in [-0.2, 0) is 0 Å². The summed E-state index contributed by atoms with van der Waals surface area (Å²) in [6, 6.07) is 0.299. The van der Waals surface area contributed by atoms with Gasteiger partial charge in [0.2, 0.25) is 5.89 Å². The summed E-state index contributed by atoms with van der Waals surface area (Å²) in [6.07, 6.45) is 3.51. The maximum atomic E-state index is 5.32. The highest BCUT2D eigenvalue weighted by Crippen LogP contribution is 2.57. The van der Waals surface area contributed by atoms with Crippen LogP contribution >= 0.6 is 0 Å². The Hall–Kier alpha value is -0.900. The minimum atomic E-state index is 0.299. The Kier molecular flexibility index (Phi) is 1.89. The zero-order chi connectivity index (χ0) is 10.5. The molecule has 1 aliphatic heterocycles. The molecule has 0 radical (unpaired) electrons. The Bertz CT molecular complexity index is 346. The number of nitrogens with zero attached hydrogens (tertiary/aromatic N) is 2. The molecule has 0 aromatic carbocycles. The predicted octanol–water partition coefficient (Wildman–Crippen LogP) is 2.01. The first-order valence-corrected chi connectivity index (χ1v) is 5.74. The van der Waals surface area contributed by atoms with Gasteiger partial charge in [0.25, 0.3) is 0 Å². The van der Waals surface area contributed by atoms with E-state index in [0.717, 1.165) is 24.7 Å². The number of nitrogens with one attached hydrogen (secondary N) is 1. The first-order chi connectivity index (χ1) is 7.17. The molecule has 2 fully saturated rings. The second kappa shape index (κ2) is 3.04. The third-order valence-electron chi connectivity index (χ3n) is 3.64. The lowest BCUT2D eigenvalue weighted by Gasteiger charge is -2.01. The van der Waals surface area contributed by atoms with E-state index in [4.69, 9.17) is 4.52 Å². The Morgan fingerprint density at radius 3 is 2.87 bits per heavy atom. The largest absolute Gasteiger partial charge is 0.338 e. The van der Waals surface area contributed by atoms with E-state index in [1.54, 1.807) is 0 Å². The number of hydrogen-bond acceptors (Lipinski definition) is 4. The van der Waals surface area contributed by atoms with Gasteiger partial charge in [0.05, 0.1) is 6.04 Å². The van der Waals surface area contributed by atoms with Crippen LogP contribution in [0.5, 0.6) is 0 Å². The number of aromatic nitrogens is 2. The molecular formula is C11H17N3O. The monoisotopic (exact) mass is 207 g/mol. The molecule has 1 N–H and O–H groups in total. The fourth-order valence-electron chi connectivity index (χ4n) is 2.33. The summed E-state index contributed by atoms with van der Waals surface area (Å²) >= 11 is 0. The van der Waals surface area contributed by atoms with Gasteiger partial charge in [-0.15, -0.1) is 0 Å². The van der Waals surface area contributed by atoms with Crippen molar-refractivity contribution in [2.24, 2.45) is 5.41 Å². The predicted molar refractivity (Wildman–Crippen MR) is 55.4 cm³/mol. The molecule has 2 aliphatic rings. The van der Waals surface area contributed by atoms with Gasteiger partial charge in [-0.25, -0.2) is 0 Å². The molecule has 4 heteroatoms. The van der Waals surface area contributed by atoms with Crippen LogP contribution < -0.4 is 5.32 Å². The molecule has 2 heterocycles. The first-order valence-electron chi connectivity index (χ1n) is 5.74. The van der Waals surface area contributed by atoms with Gasteiger partial charge in [-0.3, -0.25) is 0 Å². The molecule has 15 heavy (non-hydrogen) atoms. The van der Waals surface area contributed by atoms with Crippen molar-refractivity contribution in [1.29, 1.82) is 0 Å². The lowest BCUT2D eigenvalue weighted by atomic mass is 10.1. The molecule has 1 saturated heterocycles. The fraction of sp³-hybridized carbons (Fsp3) is 0.818. The van der Waals surface area contributed by atoms with Gasteiger partial charge in [-0.05, 0) is 31.2 Å². The molecule has 0 bridgehead atoms. The Balaban J connectivity index is 1.76. The molecular weight excluding hydrogens is 190 g/mol. The summed E-state index contributed by atoms with van der Waals surface area (Å²) in [7, 11) is 0. The van der Waals surface area contributed by atoms with Crippen LogP contribution in [-0.4, -0.2) is 16.7 Å². The molecule has 0 amide bonds. The fourth-order valence-corrected chi connectivity index (χ4v) is 2.33. The topological polar surface area (TPSA) is 51.0 Å². The first kappa shape index (κ1) is 9.33. The summed E-state index contributed by atoms with van der Waals surface area (Å²) in [5.41, 5.74) is 0.379. The summed E-state index contributed by atoms with van der Waals surface area (Å²) < 4.78 is 5.32. The van der Waals surface area contributed by atoms with E-state index in [1.165, 1.54) is 12.8 Å². The average Bonchev–Trinajstić information content (AvgIpc) is 2.73. The van der Waals surface area contributed by atoms with Crippen LogP contribution in [0.15, 0.2) is 4.52 Å². The van der Waals surface area contributed by atoms with Gasteiger partial charge >= 0.3 is 0 Å². The van der Waals surface area contributed by atoms with Crippen molar-refractivity contribution in [3.63, 3.8) is 0 Å². The van der Waals surface area contributed by atoms with Gasteiger partial charge in [-0.2, -0.15) is 4.98 Å². The van der Waals surface area contributed by atoms with Gasteiger partial charge < -0.3 is 9.84 Å². The molecule has 1 unspecified atom stereocenters. The molecule has 2 atom stereocenters. The molecule has 3 rings (SSSR count). The maximum absolute atomic E-state index is 5.32. The highest BCUT2D eigenvalue weighted by molar-refractivity contribution is 5.14. The summed E-state index contributed by atoms with van der Waals surface area (Å²) in [4.78, 5) is 4.51. The summed E-state index contributed by atoms with van der Waals surface area (Å²) in [6.45, 7) is 5.57. The third kappa shape index (κ3) is 1.57. The van der Waals surface area contributed by atoms with Crippen molar-refractivity contribution in [3.05, 3.63) is 11.7 Å². The van der Waals surface area contributed by atoms with E-state index >= 15 is 0 Å². The maximum Gasteiger partial charge on any atom is 0.243 e. The molecule has 4 nitrogen and oxygen atoms in total.